The molecule has 0 radical (unpaired) electrons. The van der Waals surface area contributed by atoms with E-state index in [-0.39, 0.29) is 0 Å². The maximum atomic E-state index is 5.45. The number of ether oxygens (including phenoxy) is 1. The lowest BCUT2D eigenvalue weighted by Gasteiger charge is -2.32. The van der Waals surface area contributed by atoms with Crippen LogP contribution in [-0.4, -0.2) is 99.4 Å². The van der Waals surface area contributed by atoms with Gasteiger partial charge in [0, 0.05) is 64.9 Å². The normalized spacial score (nSPS) is 31.9. The summed E-state index contributed by atoms with van der Waals surface area (Å²) in [6.45, 7) is 14.0. The highest BCUT2D eigenvalue weighted by atomic mass is 16.5. The standard InChI is InChI=1S/C14H28N4O/c1-4-17(8-7-16-5-2-15-3-6-16)13-14(1)18-9-11-19-12-10-18/h14-15H,1-13H2. The highest BCUT2D eigenvalue weighted by Crippen LogP contribution is 2.16. The van der Waals surface area contributed by atoms with Gasteiger partial charge in [-0.2, -0.15) is 0 Å². The number of piperazine rings is 1. The molecule has 0 aromatic carbocycles. The number of likely N-dealkylation sites (tertiary alicyclic amines) is 1. The minimum atomic E-state index is 0.784. The van der Waals surface area contributed by atoms with Crippen LogP contribution in [0.2, 0.25) is 0 Å². The molecule has 0 aliphatic carbocycles. The summed E-state index contributed by atoms with van der Waals surface area (Å²) in [5.41, 5.74) is 0. The molecule has 3 saturated heterocycles. The summed E-state index contributed by atoms with van der Waals surface area (Å²) < 4.78 is 5.45. The fourth-order valence-corrected chi connectivity index (χ4v) is 3.47. The Kier molecular flexibility index (Phi) is 5.07. The number of nitrogens with zero attached hydrogens (tertiary/aromatic N) is 3. The summed E-state index contributed by atoms with van der Waals surface area (Å²) in [4.78, 5) is 7.88. The van der Waals surface area contributed by atoms with Crippen molar-refractivity contribution in [1.29, 1.82) is 0 Å². The Hall–Kier alpha value is -0.200. The first kappa shape index (κ1) is 13.8. The Bertz CT molecular complexity index is 264. The van der Waals surface area contributed by atoms with Crippen LogP contribution in [-0.2, 0) is 4.74 Å². The SMILES string of the molecule is C1CN(CCN2CCC(N3CCOCC3)C2)CCN1. The molecule has 5 nitrogen and oxygen atoms in total. The van der Waals surface area contributed by atoms with Crippen molar-refractivity contribution in [2.75, 3.05) is 78.7 Å². The van der Waals surface area contributed by atoms with E-state index < -0.39 is 0 Å². The van der Waals surface area contributed by atoms with E-state index in [0.717, 1.165) is 45.4 Å². The molecule has 3 aliphatic rings. The van der Waals surface area contributed by atoms with E-state index in [4.69, 9.17) is 4.74 Å². The van der Waals surface area contributed by atoms with Crippen LogP contribution in [0.4, 0.5) is 0 Å². The largest absolute Gasteiger partial charge is 0.379 e. The molecular formula is C14H28N4O. The Labute approximate surface area is 116 Å². The van der Waals surface area contributed by atoms with Gasteiger partial charge in [0.1, 0.15) is 0 Å². The lowest BCUT2D eigenvalue weighted by molar-refractivity contribution is 0.0183. The highest BCUT2D eigenvalue weighted by molar-refractivity contribution is 4.85. The molecule has 3 fully saturated rings. The number of rotatable bonds is 4. The predicted molar refractivity (Wildman–Crippen MR) is 76.5 cm³/mol. The number of morpholine rings is 1. The van der Waals surface area contributed by atoms with E-state index >= 15 is 0 Å². The van der Waals surface area contributed by atoms with Crippen molar-refractivity contribution < 1.29 is 4.74 Å². The van der Waals surface area contributed by atoms with Crippen LogP contribution in [0.1, 0.15) is 6.42 Å². The lowest BCUT2D eigenvalue weighted by Crippen LogP contribution is -2.47. The van der Waals surface area contributed by atoms with Crippen LogP contribution in [0, 0.1) is 0 Å². The molecule has 3 heterocycles. The van der Waals surface area contributed by atoms with Crippen molar-refractivity contribution in [3.8, 4) is 0 Å². The zero-order chi connectivity index (χ0) is 12.9. The quantitative estimate of drug-likeness (QED) is 0.728. The van der Waals surface area contributed by atoms with Gasteiger partial charge in [-0.3, -0.25) is 9.80 Å². The Morgan fingerprint density at radius 2 is 1.63 bits per heavy atom. The van der Waals surface area contributed by atoms with Gasteiger partial charge in [0.15, 0.2) is 0 Å². The van der Waals surface area contributed by atoms with E-state index in [2.05, 4.69) is 20.0 Å². The first-order valence-electron chi connectivity index (χ1n) is 7.89. The predicted octanol–water partition coefficient (Wildman–Crippen LogP) is -0.702. The molecule has 1 atom stereocenters. The van der Waals surface area contributed by atoms with Gasteiger partial charge in [0.25, 0.3) is 0 Å². The third-order valence-electron chi connectivity index (χ3n) is 4.75. The molecule has 19 heavy (non-hydrogen) atoms. The molecule has 0 saturated carbocycles. The maximum absolute atomic E-state index is 5.45. The van der Waals surface area contributed by atoms with Crippen LogP contribution in [0.3, 0.4) is 0 Å². The average Bonchev–Trinajstić information content (AvgIpc) is 2.96. The van der Waals surface area contributed by atoms with E-state index in [1.54, 1.807) is 0 Å². The van der Waals surface area contributed by atoms with Gasteiger partial charge in [-0.05, 0) is 13.0 Å². The Morgan fingerprint density at radius 1 is 0.895 bits per heavy atom. The maximum Gasteiger partial charge on any atom is 0.0594 e. The topological polar surface area (TPSA) is 31.0 Å². The van der Waals surface area contributed by atoms with Crippen LogP contribution in [0.5, 0.6) is 0 Å². The minimum absolute atomic E-state index is 0.784. The monoisotopic (exact) mass is 268 g/mol. The molecule has 0 bridgehead atoms. The number of nitrogens with one attached hydrogen (secondary N) is 1. The van der Waals surface area contributed by atoms with Crippen LogP contribution >= 0.6 is 0 Å². The second kappa shape index (κ2) is 6.99. The highest BCUT2D eigenvalue weighted by Gasteiger charge is 2.28. The lowest BCUT2D eigenvalue weighted by atomic mass is 10.2. The molecule has 1 unspecified atom stereocenters. The first-order valence-corrected chi connectivity index (χ1v) is 7.89. The van der Waals surface area contributed by atoms with Crippen LogP contribution in [0.25, 0.3) is 0 Å². The van der Waals surface area contributed by atoms with Crippen molar-refractivity contribution in [3.05, 3.63) is 0 Å². The van der Waals surface area contributed by atoms with Gasteiger partial charge in [-0.1, -0.05) is 0 Å². The fourth-order valence-electron chi connectivity index (χ4n) is 3.47. The van der Waals surface area contributed by atoms with Crippen LogP contribution < -0.4 is 5.32 Å². The molecule has 0 aromatic heterocycles. The summed E-state index contributed by atoms with van der Waals surface area (Å²) in [7, 11) is 0. The summed E-state index contributed by atoms with van der Waals surface area (Å²) in [5, 5.41) is 3.42. The third kappa shape index (κ3) is 3.89. The second-order valence-corrected chi connectivity index (χ2v) is 5.98. The van der Waals surface area contributed by atoms with Gasteiger partial charge >= 0.3 is 0 Å². The van der Waals surface area contributed by atoms with Gasteiger partial charge < -0.3 is 15.0 Å². The van der Waals surface area contributed by atoms with E-state index in [0.29, 0.717) is 0 Å². The first-order chi connectivity index (χ1) is 9.42. The van der Waals surface area contributed by atoms with Crippen molar-refractivity contribution in [2.45, 2.75) is 12.5 Å². The molecule has 0 amide bonds. The number of hydrogen-bond donors (Lipinski definition) is 1. The summed E-state index contributed by atoms with van der Waals surface area (Å²) in [5.74, 6) is 0. The smallest absolute Gasteiger partial charge is 0.0594 e. The Balaban J connectivity index is 1.36. The van der Waals surface area contributed by atoms with Crippen molar-refractivity contribution in [3.63, 3.8) is 0 Å². The molecule has 0 spiro atoms. The summed E-state index contributed by atoms with van der Waals surface area (Å²) in [6, 6.07) is 0.784. The van der Waals surface area contributed by atoms with Gasteiger partial charge in [0.05, 0.1) is 13.2 Å². The zero-order valence-corrected chi connectivity index (χ0v) is 12.0. The number of hydrogen-bond acceptors (Lipinski definition) is 5. The van der Waals surface area contributed by atoms with E-state index in [9.17, 15) is 0 Å². The minimum Gasteiger partial charge on any atom is -0.379 e. The Morgan fingerprint density at radius 3 is 2.42 bits per heavy atom. The molecule has 5 heteroatoms. The van der Waals surface area contributed by atoms with Gasteiger partial charge in [-0.15, -0.1) is 0 Å². The van der Waals surface area contributed by atoms with Crippen molar-refractivity contribution >= 4 is 0 Å². The second-order valence-electron chi connectivity index (χ2n) is 5.98. The van der Waals surface area contributed by atoms with Crippen LogP contribution in [0.15, 0.2) is 0 Å². The van der Waals surface area contributed by atoms with E-state index in [1.165, 1.54) is 45.7 Å². The molecule has 1 N–H and O–H groups in total. The van der Waals surface area contributed by atoms with Crippen molar-refractivity contribution in [2.24, 2.45) is 0 Å². The summed E-state index contributed by atoms with van der Waals surface area (Å²) >= 11 is 0. The molecular weight excluding hydrogens is 240 g/mol. The van der Waals surface area contributed by atoms with Crippen molar-refractivity contribution in [1.82, 2.24) is 20.0 Å². The van der Waals surface area contributed by atoms with E-state index in [1.807, 2.05) is 0 Å². The third-order valence-corrected chi connectivity index (χ3v) is 4.75. The summed E-state index contributed by atoms with van der Waals surface area (Å²) in [6.07, 6.45) is 1.35. The molecule has 0 aromatic rings. The van der Waals surface area contributed by atoms with Gasteiger partial charge in [0.2, 0.25) is 0 Å². The average molecular weight is 268 g/mol. The van der Waals surface area contributed by atoms with Gasteiger partial charge in [-0.25, -0.2) is 0 Å². The molecule has 3 aliphatic heterocycles. The molecule has 110 valence electrons. The molecule has 3 rings (SSSR count). The zero-order valence-electron chi connectivity index (χ0n) is 12.0. The fraction of sp³-hybridized carbons (Fsp3) is 1.00.